The number of nitrogens with one attached hydrogen (secondary N) is 2. The van der Waals surface area contributed by atoms with Crippen molar-refractivity contribution >= 4 is 22.5 Å². The molecule has 0 unspecified atom stereocenters. The topological polar surface area (TPSA) is 97.2 Å². The summed E-state index contributed by atoms with van der Waals surface area (Å²) in [4.78, 5) is 20.9. The predicted octanol–water partition coefficient (Wildman–Crippen LogP) is 6.66. The van der Waals surface area contributed by atoms with Gasteiger partial charge in [0, 0.05) is 29.7 Å². The van der Waals surface area contributed by atoms with Gasteiger partial charge < -0.3 is 10.3 Å². The van der Waals surface area contributed by atoms with E-state index < -0.39 is 0 Å². The Morgan fingerprint density at radius 3 is 2.40 bits per heavy atom. The number of pyridine rings is 1. The molecule has 4 aromatic heterocycles. The van der Waals surface area contributed by atoms with Crippen molar-refractivity contribution in [3.63, 3.8) is 0 Å². The van der Waals surface area contributed by atoms with Gasteiger partial charge in [-0.15, -0.1) is 0 Å². The normalized spacial score (nSPS) is 10.4. The van der Waals surface area contributed by atoms with Crippen LogP contribution in [-0.2, 0) is 0 Å². The molecule has 9 heteroatoms. The van der Waals surface area contributed by atoms with Crippen molar-refractivity contribution in [1.29, 1.82) is 0 Å². The molecule has 5 rings (SSSR count). The highest BCUT2D eigenvalue weighted by atomic mass is 19.1. The third kappa shape index (κ3) is 5.51. The second kappa shape index (κ2) is 11.8. The summed E-state index contributed by atoms with van der Waals surface area (Å²) in [6.07, 6.45) is 8.50. The van der Waals surface area contributed by atoms with E-state index in [9.17, 15) is 4.39 Å². The third-order valence-electron chi connectivity index (χ3n) is 5.01. The van der Waals surface area contributed by atoms with E-state index in [-0.39, 0.29) is 11.7 Å². The van der Waals surface area contributed by atoms with Crippen LogP contribution in [0.25, 0.3) is 28.1 Å². The number of nitrogens with zero attached hydrogens (tertiary/aromatic N) is 6. The molecule has 0 atom stereocenters. The van der Waals surface area contributed by atoms with Gasteiger partial charge in [0.05, 0.1) is 16.8 Å². The third-order valence-corrected chi connectivity index (χ3v) is 5.01. The van der Waals surface area contributed by atoms with E-state index in [1.807, 2.05) is 46.2 Å². The van der Waals surface area contributed by atoms with E-state index in [1.165, 1.54) is 18.5 Å². The van der Waals surface area contributed by atoms with E-state index in [0.29, 0.717) is 11.6 Å². The van der Waals surface area contributed by atoms with Crippen molar-refractivity contribution in [3.05, 3.63) is 73.0 Å². The first-order valence-electron chi connectivity index (χ1n) is 11.8. The van der Waals surface area contributed by atoms with Gasteiger partial charge in [0.1, 0.15) is 29.9 Å². The summed E-state index contributed by atoms with van der Waals surface area (Å²) in [6.45, 7) is 12.2. The van der Waals surface area contributed by atoms with E-state index in [0.717, 1.165) is 33.5 Å². The van der Waals surface area contributed by atoms with Gasteiger partial charge in [-0.05, 0) is 36.2 Å². The molecule has 182 valence electrons. The number of benzene rings is 1. The number of hydrogen-bond acceptors (Lipinski definition) is 6. The molecular weight excluding hydrogens is 443 g/mol. The van der Waals surface area contributed by atoms with Crippen LogP contribution in [0.15, 0.2) is 61.6 Å². The molecule has 8 nitrogen and oxygen atoms in total. The number of aromatic amines is 1. The quantitative estimate of drug-likeness (QED) is 0.296. The Hall–Kier alpha value is -4.14. The maximum atomic E-state index is 13.3. The second-order valence-corrected chi connectivity index (χ2v) is 7.38. The number of rotatable bonds is 5. The van der Waals surface area contributed by atoms with Crippen molar-refractivity contribution < 1.29 is 4.39 Å². The first kappa shape index (κ1) is 25.5. The number of halogens is 1. The van der Waals surface area contributed by atoms with Crippen molar-refractivity contribution in [3.8, 4) is 17.1 Å². The fourth-order valence-electron chi connectivity index (χ4n) is 3.44. The monoisotopic (exact) mass is 474 g/mol. The van der Waals surface area contributed by atoms with Gasteiger partial charge in [0.25, 0.3) is 0 Å². The zero-order valence-electron chi connectivity index (χ0n) is 20.9. The Morgan fingerprint density at radius 1 is 1.00 bits per heavy atom. The van der Waals surface area contributed by atoms with Crippen LogP contribution in [0.4, 0.5) is 15.9 Å². The summed E-state index contributed by atoms with van der Waals surface area (Å²) in [6, 6.07) is 8.03. The fraction of sp³-hybridized carbons (Fsp3) is 0.269. The van der Waals surface area contributed by atoms with Gasteiger partial charge in [-0.2, -0.15) is 5.10 Å². The molecule has 0 fully saturated rings. The minimum absolute atomic E-state index is 0.197. The Labute approximate surface area is 204 Å². The molecule has 0 spiro atoms. The van der Waals surface area contributed by atoms with Crippen LogP contribution < -0.4 is 5.32 Å². The Morgan fingerprint density at radius 2 is 1.74 bits per heavy atom. The van der Waals surface area contributed by atoms with E-state index in [4.69, 9.17) is 4.98 Å². The molecule has 4 heterocycles. The smallest absolute Gasteiger partial charge is 0.161 e. The molecule has 1 aromatic carbocycles. The number of H-pyrrole nitrogens is 1. The number of fused-ring (bicyclic) bond motifs is 1. The van der Waals surface area contributed by atoms with Gasteiger partial charge >= 0.3 is 0 Å². The van der Waals surface area contributed by atoms with Crippen molar-refractivity contribution in [2.45, 2.75) is 47.5 Å². The summed E-state index contributed by atoms with van der Waals surface area (Å²) in [5.74, 6) is 1.10. The van der Waals surface area contributed by atoms with Crippen LogP contribution in [0.3, 0.4) is 0 Å². The summed E-state index contributed by atoms with van der Waals surface area (Å²) >= 11 is 0. The van der Waals surface area contributed by atoms with E-state index in [2.05, 4.69) is 44.2 Å². The molecule has 0 amide bonds. The highest BCUT2D eigenvalue weighted by Crippen LogP contribution is 2.32. The number of aromatic nitrogens is 7. The minimum atomic E-state index is -0.298. The molecule has 0 aliphatic rings. The number of anilines is 2. The minimum Gasteiger partial charge on any atom is -0.344 e. The van der Waals surface area contributed by atoms with E-state index in [1.54, 1.807) is 29.3 Å². The lowest BCUT2D eigenvalue weighted by atomic mass is 10.1. The van der Waals surface area contributed by atoms with Gasteiger partial charge in [-0.3, -0.25) is 0 Å². The standard InChI is InChI=1S/C22H19FN8.2C2H6/c1-13(2)16-9-26-20(14-3-5-15(23)6-4-14)30-21(16)29-17-7-8-25-22-19(17)18(10-27-22)31-12-24-11-28-31;2*1-2/h3-13H,1-2H3,(H2,25,26,27,29,30);2*1-2H3. The Balaban J connectivity index is 0.000000815. The molecule has 5 aromatic rings. The highest BCUT2D eigenvalue weighted by Gasteiger charge is 2.16. The van der Waals surface area contributed by atoms with Gasteiger partial charge in [0.2, 0.25) is 0 Å². The highest BCUT2D eigenvalue weighted by molar-refractivity contribution is 5.98. The van der Waals surface area contributed by atoms with Crippen LogP contribution in [0.5, 0.6) is 0 Å². The van der Waals surface area contributed by atoms with Crippen molar-refractivity contribution in [1.82, 2.24) is 34.7 Å². The molecule has 2 N–H and O–H groups in total. The maximum Gasteiger partial charge on any atom is 0.161 e. The largest absolute Gasteiger partial charge is 0.344 e. The van der Waals surface area contributed by atoms with E-state index >= 15 is 0 Å². The average molecular weight is 475 g/mol. The van der Waals surface area contributed by atoms with Crippen LogP contribution in [-0.4, -0.2) is 34.7 Å². The van der Waals surface area contributed by atoms with Gasteiger partial charge in [0.15, 0.2) is 5.82 Å². The first-order chi connectivity index (χ1) is 17.1. The summed E-state index contributed by atoms with van der Waals surface area (Å²) in [5, 5.41) is 8.56. The molecule has 0 radical (unpaired) electrons. The maximum absolute atomic E-state index is 13.3. The first-order valence-corrected chi connectivity index (χ1v) is 11.8. The molecule has 0 saturated heterocycles. The summed E-state index contributed by atoms with van der Waals surface area (Å²) in [7, 11) is 0. The van der Waals surface area contributed by atoms with Crippen LogP contribution in [0, 0.1) is 5.82 Å². The lowest BCUT2D eigenvalue weighted by Gasteiger charge is -2.15. The zero-order chi connectivity index (χ0) is 25.4. The fourth-order valence-corrected chi connectivity index (χ4v) is 3.44. The van der Waals surface area contributed by atoms with Crippen molar-refractivity contribution in [2.75, 3.05) is 5.32 Å². The molecule has 35 heavy (non-hydrogen) atoms. The lowest BCUT2D eigenvalue weighted by molar-refractivity contribution is 0.628. The average Bonchev–Trinajstić information content (AvgIpc) is 3.57. The molecule has 0 aliphatic heterocycles. The Kier molecular flexibility index (Phi) is 8.61. The van der Waals surface area contributed by atoms with Crippen LogP contribution >= 0.6 is 0 Å². The second-order valence-electron chi connectivity index (χ2n) is 7.38. The summed E-state index contributed by atoms with van der Waals surface area (Å²) < 4.78 is 15.0. The zero-order valence-corrected chi connectivity index (χ0v) is 20.9. The SMILES string of the molecule is CC.CC.CC(C)c1cnc(-c2ccc(F)cc2)nc1Nc1ccnc2[nH]cc(-n3cncn3)c12. The van der Waals surface area contributed by atoms with Gasteiger partial charge in [-0.25, -0.2) is 29.0 Å². The van der Waals surface area contributed by atoms with Crippen LogP contribution in [0.2, 0.25) is 0 Å². The summed E-state index contributed by atoms with van der Waals surface area (Å²) in [5.41, 5.74) is 4.07. The predicted molar refractivity (Wildman–Crippen MR) is 139 cm³/mol. The van der Waals surface area contributed by atoms with Crippen LogP contribution in [0.1, 0.15) is 53.0 Å². The molecule has 0 saturated carbocycles. The lowest BCUT2D eigenvalue weighted by Crippen LogP contribution is -2.05. The van der Waals surface area contributed by atoms with Crippen molar-refractivity contribution in [2.24, 2.45) is 0 Å². The number of hydrogen-bond donors (Lipinski definition) is 2. The molecular formula is C26H31FN8. The molecule has 0 aliphatic carbocycles. The Bertz CT molecular complexity index is 1340. The van der Waals surface area contributed by atoms with Gasteiger partial charge in [-0.1, -0.05) is 41.5 Å². The molecule has 0 bridgehead atoms.